The Morgan fingerprint density at radius 2 is 1.88 bits per heavy atom. The van der Waals surface area contributed by atoms with Crippen molar-refractivity contribution in [2.75, 3.05) is 12.1 Å². The number of hydrogen-bond donors (Lipinski definition) is 3. The Kier molecular flexibility index (Phi) is 4.10. The van der Waals surface area contributed by atoms with Crippen LogP contribution in [0.3, 0.4) is 0 Å². The summed E-state index contributed by atoms with van der Waals surface area (Å²) >= 11 is 5.19. The lowest BCUT2D eigenvalue weighted by Gasteiger charge is -2.11. The molecule has 0 radical (unpaired) electrons. The lowest BCUT2D eigenvalue weighted by Crippen LogP contribution is -2.43. The maximum absolute atomic E-state index is 12.4. The number of furan rings is 1. The first-order chi connectivity index (χ1) is 12.6. The predicted molar refractivity (Wildman–Crippen MR) is 100 cm³/mol. The number of amides is 1. The van der Waals surface area contributed by atoms with Gasteiger partial charge >= 0.3 is 5.91 Å². The maximum Gasteiger partial charge on any atom is 0.305 e. The number of ether oxygens (including phenoxy) is 2. The van der Waals surface area contributed by atoms with Gasteiger partial charge in [-0.15, -0.1) is 0 Å². The molecule has 0 aliphatic carbocycles. The third kappa shape index (κ3) is 3.02. The fourth-order valence-corrected chi connectivity index (χ4v) is 2.87. The van der Waals surface area contributed by atoms with Crippen LogP contribution in [0.25, 0.3) is 11.0 Å². The molecule has 132 valence electrons. The summed E-state index contributed by atoms with van der Waals surface area (Å²) in [5.41, 5.74) is 7.33. The molecule has 0 saturated heterocycles. The van der Waals surface area contributed by atoms with E-state index >= 15 is 0 Å². The van der Waals surface area contributed by atoms with Crippen LogP contribution in [0.1, 0.15) is 16.1 Å². The van der Waals surface area contributed by atoms with E-state index in [1.165, 1.54) is 0 Å². The van der Waals surface area contributed by atoms with Gasteiger partial charge in [0.25, 0.3) is 0 Å². The number of carbonyl (C=O) groups is 1. The number of hydrogen-bond acceptors (Lipinski definition) is 5. The minimum Gasteiger partial charge on any atom is -0.454 e. The summed E-state index contributed by atoms with van der Waals surface area (Å²) < 4.78 is 16.2. The third-order valence-corrected chi connectivity index (χ3v) is 4.17. The number of nitrogens with one attached hydrogen (secondary N) is 3. The van der Waals surface area contributed by atoms with Crippen molar-refractivity contribution in [2.24, 2.45) is 0 Å². The fourth-order valence-electron chi connectivity index (χ4n) is 2.70. The molecule has 0 bridgehead atoms. The van der Waals surface area contributed by atoms with Crippen molar-refractivity contribution in [1.29, 1.82) is 0 Å². The van der Waals surface area contributed by atoms with Gasteiger partial charge in [-0.3, -0.25) is 15.6 Å². The molecule has 0 spiro atoms. The molecule has 1 aliphatic rings. The Balaban J connectivity index is 1.39. The van der Waals surface area contributed by atoms with E-state index in [1.807, 2.05) is 31.2 Å². The van der Waals surface area contributed by atoms with Crippen LogP contribution in [0.4, 0.5) is 5.69 Å². The zero-order valence-electron chi connectivity index (χ0n) is 13.8. The molecule has 0 atom stereocenters. The molecule has 0 fully saturated rings. The van der Waals surface area contributed by atoms with Crippen molar-refractivity contribution in [3.8, 4) is 11.5 Å². The van der Waals surface area contributed by atoms with Crippen LogP contribution in [-0.2, 0) is 0 Å². The summed E-state index contributed by atoms with van der Waals surface area (Å²) in [6.07, 6.45) is 0. The highest BCUT2D eigenvalue weighted by Crippen LogP contribution is 2.34. The number of fused-ring (bicyclic) bond motifs is 2. The number of carbonyl (C=O) groups excluding carboxylic acids is 1. The Bertz CT molecular complexity index is 1010. The van der Waals surface area contributed by atoms with Crippen molar-refractivity contribution in [3.05, 3.63) is 53.8 Å². The Hall–Kier alpha value is -3.26. The van der Waals surface area contributed by atoms with E-state index in [0.29, 0.717) is 22.8 Å². The highest BCUT2D eigenvalue weighted by atomic mass is 32.1. The van der Waals surface area contributed by atoms with Crippen molar-refractivity contribution in [2.45, 2.75) is 6.92 Å². The van der Waals surface area contributed by atoms with Crippen LogP contribution in [0.2, 0.25) is 0 Å². The first kappa shape index (κ1) is 16.2. The first-order valence-electron chi connectivity index (χ1n) is 7.87. The van der Waals surface area contributed by atoms with Gasteiger partial charge in [-0.1, -0.05) is 18.2 Å². The summed E-state index contributed by atoms with van der Waals surface area (Å²) in [6.45, 7) is 2.04. The molecule has 1 aromatic heterocycles. The van der Waals surface area contributed by atoms with E-state index in [-0.39, 0.29) is 17.7 Å². The SMILES string of the molecule is Cc1c(C(=O)NNC(=S)Nc2ccc3c(c2)OCO3)oc2ccccc12. The number of benzene rings is 2. The van der Waals surface area contributed by atoms with Crippen LogP contribution in [0.5, 0.6) is 11.5 Å². The zero-order chi connectivity index (χ0) is 18.1. The molecule has 0 unspecified atom stereocenters. The first-order valence-corrected chi connectivity index (χ1v) is 8.28. The van der Waals surface area contributed by atoms with Gasteiger partial charge in [0.1, 0.15) is 5.58 Å². The molecule has 2 aromatic carbocycles. The smallest absolute Gasteiger partial charge is 0.305 e. The van der Waals surface area contributed by atoms with E-state index in [4.69, 9.17) is 26.1 Å². The normalized spacial score (nSPS) is 12.0. The van der Waals surface area contributed by atoms with E-state index in [9.17, 15) is 4.79 Å². The average molecular weight is 369 g/mol. The second-order valence-corrected chi connectivity index (χ2v) is 6.06. The van der Waals surface area contributed by atoms with Gasteiger partial charge in [-0.25, -0.2) is 0 Å². The lowest BCUT2D eigenvalue weighted by atomic mass is 10.1. The number of anilines is 1. The second kappa shape index (κ2) is 6.57. The summed E-state index contributed by atoms with van der Waals surface area (Å²) in [7, 11) is 0. The van der Waals surface area contributed by atoms with E-state index in [0.717, 1.165) is 10.9 Å². The summed E-state index contributed by atoms with van der Waals surface area (Å²) in [5.74, 6) is 1.15. The highest BCUT2D eigenvalue weighted by Gasteiger charge is 2.18. The maximum atomic E-state index is 12.4. The Morgan fingerprint density at radius 1 is 1.08 bits per heavy atom. The van der Waals surface area contributed by atoms with Crippen LogP contribution in [0, 0.1) is 6.92 Å². The van der Waals surface area contributed by atoms with Gasteiger partial charge in [-0.2, -0.15) is 0 Å². The summed E-state index contributed by atoms with van der Waals surface area (Å²) in [6, 6.07) is 12.8. The molecule has 8 heteroatoms. The average Bonchev–Trinajstić information content (AvgIpc) is 3.24. The molecule has 1 aliphatic heterocycles. The molecule has 3 N–H and O–H groups in total. The van der Waals surface area contributed by atoms with Crippen molar-refractivity contribution in [1.82, 2.24) is 10.9 Å². The summed E-state index contributed by atoms with van der Waals surface area (Å²) in [4.78, 5) is 12.4. The minimum atomic E-state index is -0.409. The fraction of sp³-hybridized carbons (Fsp3) is 0.111. The number of thiocarbonyl (C=S) groups is 1. The summed E-state index contributed by atoms with van der Waals surface area (Å²) in [5, 5.41) is 4.09. The molecule has 7 nitrogen and oxygen atoms in total. The third-order valence-electron chi connectivity index (χ3n) is 3.97. The van der Waals surface area contributed by atoms with Gasteiger partial charge in [0.2, 0.25) is 6.79 Å². The van der Waals surface area contributed by atoms with Gasteiger partial charge in [0.05, 0.1) is 0 Å². The highest BCUT2D eigenvalue weighted by molar-refractivity contribution is 7.80. The standard InChI is InChI=1S/C18H15N3O4S/c1-10-12-4-2-3-5-13(12)25-16(10)17(22)20-21-18(26)19-11-6-7-14-15(8-11)24-9-23-14/h2-8H,9H2,1H3,(H,20,22)(H2,19,21,26). The molecule has 4 rings (SSSR count). The quantitative estimate of drug-likeness (QED) is 0.473. The number of hydrazine groups is 1. The second-order valence-electron chi connectivity index (χ2n) is 5.65. The largest absolute Gasteiger partial charge is 0.454 e. The van der Waals surface area contributed by atoms with Crippen LogP contribution in [-0.4, -0.2) is 17.8 Å². The number of para-hydroxylation sites is 1. The Morgan fingerprint density at radius 3 is 2.73 bits per heavy atom. The molecule has 26 heavy (non-hydrogen) atoms. The number of aryl methyl sites for hydroxylation is 1. The number of rotatable bonds is 2. The molecular formula is C18H15N3O4S. The molecule has 1 amide bonds. The lowest BCUT2D eigenvalue weighted by molar-refractivity contribution is 0.0917. The predicted octanol–water partition coefficient (Wildman–Crippen LogP) is 3.10. The van der Waals surface area contributed by atoms with Crippen molar-refractivity contribution in [3.63, 3.8) is 0 Å². The van der Waals surface area contributed by atoms with E-state index in [2.05, 4.69) is 16.2 Å². The topological polar surface area (TPSA) is 84.8 Å². The molecule has 0 saturated carbocycles. The van der Waals surface area contributed by atoms with Crippen LogP contribution in [0.15, 0.2) is 46.9 Å². The van der Waals surface area contributed by atoms with Gasteiger partial charge in [0.15, 0.2) is 22.4 Å². The zero-order valence-corrected chi connectivity index (χ0v) is 14.6. The van der Waals surface area contributed by atoms with E-state index < -0.39 is 5.91 Å². The van der Waals surface area contributed by atoms with Gasteiger partial charge in [0, 0.05) is 22.7 Å². The van der Waals surface area contributed by atoms with Crippen molar-refractivity contribution >= 4 is 39.9 Å². The molecular weight excluding hydrogens is 354 g/mol. The van der Waals surface area contributed by atoms with Gasteiger partial charge < -0.3 is 19.2 Å². The van der Waals surface area contributed by atoms with Crippen LogP contribution >= 0.6 is 12.2 Å². The van der Waals surface area contributed by atoms with E-state index in [1.54, 1.807) is 18.2 Å². The molecule has 2 heterocycles. The van der Waals surface area contributed by atoms with Gasteiger partial charge in [-0.05, 0) is 37.3 Å². The van der Waals surface area contributed by atoms with Crippen molar-refractivity contribution < 1.29 is 18.7 Å². The molecule has 3 aromatic rings. The van der Waals surface area contributed by atoms with Crippen LogP contribution < -0.4 is 25.6 Å². The Labute approximate surface area is 154 Å². The monoisotopic (exact) mass is 369 g/mol. The minimum absolute atomic E-state index is 0.203.